The Kier molecular flexibility index (Phi) is 7.40. The highest BCUT2D eigenvalue weighted by Crippen LogP contribution is 2.39. The lowest BCUT2D eigenvalue weighted by atomic mass is 10.0. The van der Waals surface area contributed by atoms with Crippen LogP contribution >= 0.6 is 11.6 Å². The molecule has 32 heavy (non-hydrogen) atoms. The third-order valence-electron chi connectivity index (χ3n) is 4.67. The number of halogens is 5. The van der Waals surface area contributed by atoms with Crippen LogP contribution < -0.4 is 9.47 Å². The molecule has 2 aromatic carbocycles. The van der Waals surface area contributed by atoms with E-state index < -0.39 is 36.1 Å². The van der Waals surface area contributed by atoms with Gasteiger partial charge in [-0.1, -0.05) is 24.6 Å². The highest BCUT2D eigenvalue weighted by atomic mass is 35.5. The Morgan fingerprint density at radius 2 is 1.84 bits per heavy atom. The Morgan fingerprint density at radius 3 is 2.47 bits per heavy atom. The van der Waals surface area contributed by atoms with Gasteiger partial charge in [0.15, 0.2) is 6.10 Å². The zero-order valence-electron chi connectivity index (χ0n) is 17.0. The van der Waals surface area contributed by atoms with Gasteiger partial charge in [-0.3, -0.25) is 4.98 Å². The monoisotopic (exact) mass is 471 g/mol. The normalized spacial score (nSPS) is 12.1. The number of hydrogen-bond acceptors (Lipinski definition) is 5. The van der Waals surface area contributed by atoms with Crippen LogP contribution in [-0.4, -0.2) is 30.8 Å². The first kappa shape index (κ1) is 23.6. The fourth-order valence-electron chi connectivity index (χ4n) is 3.16. The van der Waals surface area contributed by atoms with Gasteiger partial charge in [-0.15, -0.1) is 0 Å². The lowest BCUT2D eigenvalue weighted by Crippen LogP contribution is -2.27. The predicted octanol–water partition coefficient (Wildman–Crippen LogP) is 5.69. The average Bonchev–Trinajstić information content (AvgIpc) is 2.75. The van der Waals surface area contributed by atoms with Crippen LogP contribution in [0.1, 0.15) is 24.5 Å². The quantitative estimate of drug-likeness (QED) is 0.312. The second-order valence-corrected chi connectivity index (χ2v) is 7.15. The van der Waals surface area contributed by atoms with E-state index in [-0.39, 0.29) is 45.6 Å². The van der Waals surface area contributed by atoms with Crippen LogP contribution in [0.5, 0.6) is 11.5 Å². The highest BCUT2D eigenvalue weighted by molar-refractivity contribution is 6.30. The number of rotatable bonds is 8. The van der Waals surface area contributed by atoms with Gasteiger partial charge < -0.3 is 14.2 Å². The molecule has 0 aliphatic heterocycles. The number of hydrogen-bond donors (Lipinski definition) is 0. The zero-order valence-corrected chi connectivity index (χ0v) is 17.8. The third kappa shape index (κ3) is 5.04. The number of benzene rings is 2. The van der Waals surface area contributed by atoms with Crippen LogP contribution in [0.15, 0.2) is 36.5 Å². The van der Waals surface area contributed by atoms with Gasteiger partial charge in [-0.2, -0.15) is 8.78 Å². The van der Waals surface area contributed by atoms with Crippen molar-refractivity contribution >= 4 is 28.5 Å². The number of esters is 1. The van der Waals surface area contributed by atoms with Gasteiger partial charge in [-0.05, 0) is 36.2 Å². The van der Waals surface area contributed by atoms with E-state index >= 15 is 0 Å². The molecule has 3 rings (SSSR count). The summed E-state index contributed by atoms with van der Waals surface area (Å²) >= 11 is 5.76. The number of methoxy groups -OCH3 is 1. The molecule has 0 aliphatic rings. The number of aromatic nitrogens is 1. The summed E-state index contributed by atoms with van der Waals surface area (Å²) in [5, 5.41) is -0.0439. The first-order chi connectivity index (χ1) is 15.2. The predicted molar refractivity (Wildman–Crippen MR) is 109 cm³/mol. The van der Waals surface area contributed by atoms with Crippen molar-refractivity contribution < 1.29 is 36.6 Å². The molecule has 0 radical (unpaired) electrons. The van der Waals surface area contributed by atoms with E-state index in [0.29, 0.717) is 0 Å². The highest BCUT2D eigenvalue weighted by Gasteiger charge is 2.25. The molecule has 170 valence electrons. The second-order valence-electron chi connectivity index (χ2n) is 6.71. The van der Waals surface area contributed by atoms with E-state index in [1.807, 2.05) is 0 Å². The van der Waals surface area contributed by atoms with Gasteiger partial charge in [0.05, 0.1) is 12.5 Å². The minimum Gasteiger partial charge on any atom is -0.478 e. The van der Waals surface area contributed by atoms with Gasteiger partial charge in [0.1, 0.15) is 28.7 Å². The summed E-state index contributed by atoms with van der Waals surface area (Å²) in [5.41, 5.74) is -0.117. The van der Waals surface area contributed by atoms with E-state index in [9.17, 15) is 22.4 Å². The molecule has 10 heteroatoms. The summed E-state index contributed by atoms with van der Waals surface area (Å²) in [7, 11) is 1.17. The SMILES string of the molecule is CCC(Oc1ccc(F)c2ncc(Cc3ccc(Cl)cc3F)c(OC(F)F)c12)C(=O)OC. The molecule has 0 saturated heterocycles. The molecule has 0 N–H and O–H groups in total. The molecule has 0 saturated carbocycles. The van der Waals surface area contributed by atoms with Gasteiger partial charge in [0, 0.05) is 23.2 Å². The molecule has 0 spiro atoms. The summed E-state index contributed by atoms with van der Waals surface area (Å²) in [6, 6.07) is 6.12. The van der Waals surface area contributed by atoms with E-state index in [1.54, 1.807) is 6.92 Å². The van der Waals surface area contributed by atoms with Crippen molar-refractivity contribution in [2.75, 3.05) is 7.11 Å². The van der Waals surface area contributed by atoms with Gasteiger partial charge in [-0.25, -0.2) is 13.6 Å². The van der Waals surface area contributed by atoms with Gasteiger partial charge in [0.2, 0.25) is 0 Å². The minimum atomic E-state index is -3.27. The van der Waals surface area contributed by atoms with Crippen molar-refractivity contribution in [1.82, 2.24) is 4.98 Å². The van der Waals surface area contributed by atoms with Crippen LogP contribution in [-0.2, 0) is 16.0 Å². The van der Waals surface area contributed by atoms with Crippen molar-refractivity contribution in [2.45, 2.75) is 32.5 Å². The maximum absolute atomic E-state index is 14.5. The minimum absolute atomic E-state index is 0.0561. The fourth-order valence-corrected chi connectivity index (χ4v) is 3.31. The molecular weight excluding hydrogens is 454 g/mol. The fraction of sp³-hybridized carbons (Fsp3) is 0.273. The standard InChI is InChI=1S/C22H18ClF4NO4/c1-3-16(21(29)30-2)31-17-7-6-14(24)19-18(17)20(32-22(26)27)12(10-28-19)8-11-4-5-13(23)9-15(11)25/h4-7,9-10,16,22H,3,8H2,1-2H3. The van der Waals surface area contributed by atoms with Gasteiger partial charge >= 0.3 is 12.6 Å². The molecule has 5 nitrogen and oxygen atoms in total. The van der Waals surface area contributed by atoms with Crippen molar-refractivity contribution in [3.8, 4) is 11.5 Å². The lowest BCUT2D eigenvalue weighted by molar-refractivity contribution is -0.148. The van der Waals surface area contributed by atoms with Crippen molar-refractivity contribution in [2.24, 2.45) is 0 Å². The summed E-state index contributed by atoms with van der Waals surface area (Å²) in [6.07, 6.45) is 0.0431. The summed E-state index contributed by atoms with van der Waals surface area (Å²) in [6.45, 7) is -1.62. The zero-order chi connectivity index (χ0) is 23.4. The topological polar surface area (TPSA) is 57.7 Å². The Hall–Kier alpha value is -3.07. The smallest absolute Gasteiger partial charge is 0.387 e. The van der Waals surface area contributed by atoms with E-state index in [0.717, 1.165) is 18.3 Å². The maximum Gasteiger partial charge on any atom is 0.387 e. The van der Waals surface area contributed by atoms with E-state index in [2.05, 4.69) is 9.72 Å². The molecule has 1 unspecified atom stereocenters. The van der Waals surface area contributed by atoms with Crippen LogP contribution in [0, 0.1) is 11.6 Å². The van der Waals surface area contributed by atoms with Crippen molar-refractivity contribution in [3.63, 3.8) is 0 Å². The molecule has 3 aromatic rings. The second kappa shape index (κ2) is 10.0. The molecule has 1 atom stereocenters. The van der Waals surface area contributed by atoms with Crippen LogP contribution in [0.3, 0.4) is 0 Å². The first-order valence-electron chi connectivity index (χ1n) is 9.48. The van der Waals surface area contributed by atoms with E-state index in [1.165, 1.54) is 25.3 Å². The third-order valence-corrected chi connectivity index (χ3v) is 4.90. The summed E-state index contributed by atoms with van der Waals surface area (Å²) in [5.74, 6) is -2.72. The Labute approximate surface area is 185 Å². The Balaban J connectivity index is 2.19. The van der Waals surface area contributed by atoms with Crippen LogP contribution in [0.4, 0.5) is 17.6 Å². The van der Waals surface area contributed by atoms with E-state index in [4.69, 9.17) is 21.1 Å². The lowest BCUT2D eigenvalue weighted by Gasteiger charge is -2.20. The number of ether oxygens (including phenoxy) is 3. The number of fused-ring (bicyclic) bond motifs is 1. The number of carbonyl (C=O) groups excluding carboxylic acids is 1. The average molecular weight is 472 g/mol. The first-order valence-corrected chi connectivity index (χ1v) is 9.86. The van der Waals surface area contributed by atoms with Gasteiger partial charge in [0.25, 0.3) is 0 Å². The maximum atomic E-state index is 14.5. The molecular formula is C22H18ClF4NO4. The Bertz CT molecular complexity index is 1140. The van der Waals surface area contributed by atoms with Crippen LogP contribution in [0.2, 0.25) is 5.02 Å². The molecule has 0 aliphatic carbocycles. The number of carbonyl (C=O) groups is 1. The number of nitrogens with zero attached hydrogens (tertiary/aromatic N) is 1. The van der Waals surface area contributed by atoms with Crippen molar-refractivity contribution in [3.05, 3.63) is 64.3 Å². The summed E-state index contributed by atoms with van der Waals surface area (Å²) < 4.78 is 70.4. The molecule has 1 heterocycles. The molecule has 0 fully saturated rings. The number of alkyl halides is 2. The summed E-state index contributed by atoms with van der Waals surface area (Å²) in [4.78, 5) is 16.0. The van der Waals surface area contributed by atoms with Crippen LogP contribution in [0.25, 0.3) is 10.9 Å². The molecule has 1 aromatic heterocycles. The Morgan fingerprint density at radius 1 is 1.09 bits per heavy atom. The largest absolute Gasteiger partial charge is 0.478 e. The molecule has 0 bridgehead atoms. The molecule has 0 amide bonds. The number of pyridine rings is 1. The van der Waals surface area contributed by atoms with Crippen molar-refractivity contribution in [1.29, 1.82) is 0 Å².